The predicted octanol–water partition coefficient (Wildman–Crippen LogP) is 4.97. The van der Waals surface area contributed by atoms with Crippen molar-refractivity contribution >= 4 is 23.4 Å². The third kappa shape index (κ3) is 5.10. The highest BCUT2D eigenvalue weighted by Gasteiger charge is 2.18. The fraction of sp³-hybridized carbons (Fsp3) is 0.227. The summed E-state index contributed by atoms with van der Waals surface area (Å²) in [4.78, 5) is 21.7. The van der Waals surface area contributed by atoms with E-state index in [0.29, 0.717) is 23.9 Å². The minimum atomic E-state index is -0.326. The van der Waals surface area contributed by atoms with Crippen LogP contribution in [0.1, 0.15) is 19.7 Å². The van der Waals surface area contributed by atoms with Crippen LogP contribution < -0.4 is 10.1 Å². The molecule has 1 N–H and O–H groups in total. The normalized spacial score (nSPS) is 11.7. The van der Waals surface area contributed by atoms with Gasteiger partial charge in [-0.3, -0.25) is 4.79 Å². The molecular formula is C22H23N3O2S. The summed E-state index contributed by atoms with van der Waals surface area (Å²) >= 11 is 1.41. The monoisotopic (exact) mass is 393 g/mol. The number of carbonyl (C=O) groups is 1. The standard InChI is InChI=1S/C22H23N3O2S/c1-4-27-20-13-9-8-12-18(20)25-22(26)15(2)28-21-14-19(23-16(3)24-21)17-10-6-5-7-11-17/h5-15H,4H2,1-3H3,(H,25,26)/t15-/m1/s1. The van der Waals surface area contributed by atoms with Crippen molar-refractivity contribution in [3.8, 4) is 17.0 Å². The quantitative estimate of drug-likeness (QED) is 0.453. The van der Waals surface area contributed by atoms with Gasteiger partial charge in [-0.25, -0.2) is 9.97 Å². The molecule has 3 aromatic rings. The smallest absolute Gasteiger partial charge is 0.237 e. The Balaban J connectivity index is 1.73. The van der Waals surface area contributed by atoms with E-state index in [1.807, 2.05) is 81.4 Å². The molecule has 0 aliphatic carbocycles. The summed E-state index contributed by atoms with van der Waals surface area (Å²) in [6.45, 7) is 6.18. The first-order chi connectivity index (χ1) is 13.6. The Hall–Kier alpha value is -2.86. The van der Waals surface area contributed by atoms with E-state index in [0.717, 1.165) is 16.3 Å². The Bertz CT molecular complexity index is 948. The second kappa shape index (κ2) is 9.37. The SMILES string of the molecule is CCOc1ccccc1NC(=O)[C@@H](C)Sc1cc(-c2ccccc2)nc(C)n1. The maximum atomic E-state index is 12.7. The third-order valence-corrected chi connectivity index (χ3v) is 5.01. The minimum absolute atomic E-state index is 0.102. The molecule has 1 aromatic heterocycles. The Kier molecular flexibility index (Phi) is 6.66. The Labute approximate surface area is 169 Å². The third-order valence-electron chi connectivity index (χ3n) is 4.00. The van der Waals surface area contributed by atoms with E-state index >= 15 is 0 Å². The highest BCUT2D eigenvalue weighted by molar-refractivity contribution is 8.00. The predicted molar refractivity (Wildman–Crippen MR) is 114 cm³/mol. The number of para-hydroxylation sites is 2. The topological polar surface area (TPSA) is 64.1 Å². The van der Waals surface area contributed by atoms with Crippen LogP contribution in [0.15, 0.2) is 65.7 Å². The lowest BCUT2D eigenvalue weighted by atomic mass is 10.1. The Morgan fingerprint density at radius 3 is 2.57 bits per heavy atom. The first kappa shape index (κ1) is 19.9. The van der Waals surface area contributed by atoms with Crippen molar-refractivity contribution in [3.05, 3.63) is 66.5 Å². The summed E-state index contributed by atoms with van der Waals surface area (Å²) in [6, 6.07) is 19.3. The van der Waals surface area contributed by atoms with Gasteiger partial charge in [0.25, 0.3) is 0 Å². The van der Waals surface area contributed by atoms with Crippen molar-refractivity contribution in [1.29, 1.82) is 0 Å². The molecule has 0 bridgehead atoms. The summed E-state index contributed by atoms with van der Waals surface area (Å²) in [5, 5.41) is 3.39. The molecule has 0 unspecified atom stereocenters. The summed E-state index contributed by atoms with van der Waals surface area (Å²) in [5.74, 6) is 1.24. The number of aryl methyl sites for hydroxylation is 1. The van der Waals surface area contributed by atoms with Crippen LogP contribution in [-0.2, 0) is 4.79 Å². The molecule has 0 aliphatic heterocycles. The molecular weight excluding hydrogens is 370 g/mol. The first-order valence-electron chi connectivity index (χ1n) is 9.17. The van der Waals surface area contributed by atoms with E-state index in [-0.39, 0.29) is 11.2 Å². The van der Waals surface area contributed by atoms with Crippen LogP contribution in [0.3, 0.4) is 0 Å². The van der Waals surface area contributed by atoms with Crippen molar-refractivity contribution < 1.29 is 9.53 Å². The number of benzene rings is 2. The molecule has 1 heterocycles. The zero-order valence-corrected chi connectivity index (χ0v) is 17.0. The van der Waals surface area contributed by atoms with Gasteiger partial charge in [-0.1, -0.05) is 54.2 Å². The van der Waals surface area contributed by atoms with Crippen molar-refractivity contribution in [2.45, 2.75) is 31.0 Å². The second-order valence-corrected chi connectivity index (χ2v) is 7.54. The van der Waals surface area contributed by atoms with E-state index in [2.05, 4.69) is 15.3 Å². The molecule has 2 aromatic carbocycles. The number of anilines is 1. The lowest BCUT2D eigenvalue weighted by Gasteiger charge is -2.15. The van der Waals surface area contributed by atoms with E-state index in [9.17, 15) is 4.79 Å². The molecule has 144 valence electrons. The average molecular weight is 394 g/mol. The van der Waals surface area contributed by atoms with Crippen LogP contribution in [0.4, 0.5) is 5.69 Å². The Morgan fingerprint density at radius 2 is 1.82 bits per heavy atom. The van der Waals surface area contributed by atoms with E-state index in [1.165, 1.54) is 11.8 Å². The van der Waals surface area contributed by atoms with Crippen molar-refractivity contribution in [1.82, 2.24) is 9.97 Å². The van der Waals surface area contributed by atoms with Crippen molar-refractivity contribution in [3.63, 3.8) is 0 Å². The molecule has 0 fully saturated rings. The lowest BCUT2D eigenvalue weighted by Crippen LogP contribution is -2.23. The number of hydrogen-bond donors (Lipinski definition) is 1. The highest BCUT2D eigenvalue weighted by atomic mass is 32.2. The lowest BCUT2D eigenvalue weighted by molar-refractivity contribution is -0.115. The van der Waals surface area contributed by atoms with Gasteiger partial charge in [0.05, 0.1) is 23.2 Å². The number of nitrogens with zero attached hydrogens (tertiary/aromatic N) is 2. The minimum Gasteiger partial charge on any atom is -0.492 e. The number of hydrogen-bond acceptors (Lipinski definition) is 5. The van der Waals surface area contributed by atoms with Gasteiger partial charge in [0, 0.05) is 5.56 Å². The maximum Gasteiger partial charge on any atom is 0.237 e. The van der Waals surface area contributed by atoms with Gasteiger partial charge < -0.3 is 10.1 Å². The van der Waals surface area contributed by atoms with E-state index < -0.39 is 0 Å². The van der Waals surface area contributed by atoms with Crippen LogP contribution in [0, 0.1) is 6.92 Å². The number of ether oxygens (including phenoxy) is 1. The molecule has 1 atom stereocenters. The molecule has 5 nitrogen and oxygen atoms in total. The van der Waals surface area contributed by atoms with Gasteiger partial charge in [-0.05, 0) is 39.0 Å². The number of nitrogens with one attached hydrogen (secondary N) is 1. The number of thioether (sulfide) groups is 1. The van der Waals surface area contributed by atoms with Crippen LogP contribution in [0.5, 0.6) is 5.75 Å². The number of amides is 1. The fourth-order valence-corrected chi connectivity index (χ4v) is 3.57. The zero-order valence-electron chi connectivity index (χ0n) is 16.2. The van der Waals surface area contributed by atoms with Gasteiger partial charge in [-0.15, -0.1) is 0 Å². The summed E-state index contributed by atoms with van der Waals surface area (Å²) in [5.41, 5.74) is 2.55. The largest absolute Gasteiger partial charge is 0.492 e. The van der Waals surface area contributed by atoms with Crippen LogP contribution in [0.2, 0.25) is 0 Å². The summed E-state index contributed by atoms with van der Waals surface area (Å²) < 4.78 is 5.57. The molecule has 0 saturated heterocycles. The second-order valence-electron chi connectivity index (χ2n) is 6.18. The van der Waals surface area contributed by atoms with E-state index in [4.69, 9.17) is 4.74 Å². The molecule has 0 aliphatic rings. The molecule has 0 spiro atoms. The van der Waals surface area contributed by atoms with Gasteiger partial charge in [0.15, 0.2) is 0 Å². The van der Waals surface area contributed by atoms with Crippen LogP contribution in [-0.4, -0.2) is 27.7 Å². The van der Waals surface area contributed by atoms with Crippen molar-refractivity contribution in [2.24, 2.45) is 0 Å². The van der Waals surface area contributed by atoms with E-state index in [1.54, 1.807) is 0 Å². The van der Waals surface area contributed by atoms with Gasteiger partial charge >= 0.3 is 0 Å². The molecule has 0 saturated carbocycles. The maximum absolute atomic E-state index is 12.7. The zero-order chi connectivity index (χ0) is 19.9. The van der Waals surface area contributed by atoms with Gasteiger partial charge in [0.1, 0.15) is 16.6 Å². The molecule has 28 heavy (non-hydrogen) atoms. The average Bonchev–Trinajstić information content (AvgIpc) is 2.70. The number of carbonyl (C=O) groups excluding carboxylic acids is 1. The molecule has 3 rings (SSSR count). The van der Waals surface area contributed by atoms with Gasteiger partial charge in [-0.2, -0.15) is 0 Å². The van der Waals surface area contributed by atoms with Crippen LogP contribution in [0.25, 0.3) is 11.3 Å². The first-order valence-corrected chi connectivity index (χ1v) is 10.0. The highest BCUT2D eigenvalue weighted by Crippen LogP contribution is 2.28. The number of aromatic nitrogens is 2. The van der Waals surface area contributed by atoms with Gasteiger partial charge in [0.2, 0.25) is 5.91 Å². The Morgan fingerprint density at radius 1 is 1.11 bits per heavy atom. The summed E-state index contributed by atoms with van der Waals surface area (Å²) in [7, 11) is 0. The molecule has 6 heteroatoms. The molecule has 0 radical (unpaired) electrons. The summed E-state index contributed by atoms with van der Waals surface area (Å²) in [6.07, 6.45) is 0. The fourth-order valence-electron chi connectivity index (χ4n) is 2.68. The molecule has 1 amide bonds. The van der Waals surface area contributed by atoms with Crippen molar-refractivity contribution in [2.75, 3.05) is 11.9 Å². The van der Waals surface area contributed by atoms with Crippen LogP contribution >= 0.6 is 11.8 Å². The number of rotatable bonds is 7.